The Balaban J connectivity index is 2.45. The van der Waals surface area contributed by atoms with Crippen molar-refractivity contribution in [1.82, 2.24) is 9.78 Å². The third-order valence-corrected chi connectivity index (χ3v) is 1.75. The molecule has 0 saturated heterocycles. The van der Waals surface area contributed by atoms with Crippen molar-refractivity contribution >= 4 is 0 Å². The zero-order valence-electron chi connectivity index (χ0n) is 6.86. The van der Waals surface area contributed by atoms with Gasteiger partial charge in [0.2, 0.25) is 0 Å². The van der Waals surface area contributed by atoms with E-state index in [9.17, 15) is 0 Å². The highest BCUT2D eigenvalue weighted by molar-refractivity contribution is 5.60. The lowest BCUT2D eigenvalue weighted by Gasteiger charge is -1.92. The number of nitrogens with zero attached hydrogens (tertiary/aromatic N) is 2. The molecule has 2 aromatic rings. The zero-order valence-corrected chi connectivity index (χ0v) is 6.86. The fourth-order valence-corrected chi connectivity index (χ4v) is 1.14. The second kappa shape index (κ2) is 2.81. The van der Waals surface area contributed by atoms with E-state index in [0.717, 1.165) is 11.1 Å². The Hall–Kier alpha value is -1.57. The highest BCUT2D eigenvalue weighted by Gasteiger charge is 1.97. The standard InChI is InChI=1S/C10H9N2/c1-12-8-10(7-11-12)9-5-3-2-4-6-9/h2-3,5-8H,1H3. The first kappa shape index (κ1) is 7.10. The van der Waals surface area contributed by atoms with Crippen molar-refractivity contribution in [3.63, 3.8) is 0 Å². The molecule has 2 nitrogen and oxygen atoms in total. The van der Waals surface area contributed by atoms with E-state index < -0.39 is 0 Å². The fourth-order valence-electron chi connectivity index (χ4n) is 1.14. The Morgan fingerprint density at radius 1 is 1.42 bits per heavy atom. The smallest absolute Gasteiger partial charge is 0.0568 e. The van der Waals surface area contributed by atoms with Crippen LogP contribution in [0.1, 0.15) is 0 Å². The molecular formula is C10H9N2. The molecule has 2 heteroatoms. The fraction of sp³-hybridized carbons (Fsp3) is 0.100. The van der Waals surface area contributed by atoms with Gasteiger partial charge >= 0.3 is 0 Å². The molecule has 1 radical (unpaired) electrons. The molecule has 1 aromatic heterocycles. The van der Waals surface area contributed by atoms with Gasteiger partial charge in [-0.2, -0.15) is 5.10 Å². The minimum Gasteiger partial charge on any atom is -0.275 e. The molecular weight excluding hydrogens is 148 g/mol. The van der Waals surface area contributed by atoms with Gasteiger partial charge in [0.25, 0.3) is 0 Å². The Morgan fingerprint density at radius 2 is 2.33 bits per heavy atom. The van der Waals surface area contributed by atoms with E-state index in [1.54, 1.807) is 4.68 Å². The summed E-state index contributed by atoms with van der Waals surface area (Å²) in [5.41, 5.74) is 2.29. The predicted molar refractivity (Wildman–Crippen MR) is 47.5 cm³/mol. The Labute approximate surface area is 71.5 Å². The van der Waals surface area contributed by atoms with Crippen LogP contribution in [0.15, 0.2) is 36.7 Å². The summed E-state index contributed by atoms with van der Waals surface area (Å²) in [6.07, 6.45) is 3.84. The van der Waals surface area contributed by atoms with Crippen molar-refractivity contribution in [3.05, 3.63) is 42.7 Å². The maximum absolute atomic E-state index is 4.10. The van der Waals surface area contributed by atoms with E-state index in [1.807, 2.05) is 43.7 Å². The van der Waals surface area contributed by atoms with Crippen molar-refractivity contribution in [2.24, 2.45) is 7.05 Å². The summed E-state index contributed by atoms with van der Waals surface area (Å²) >= 11 is 0. The van der Waals surface area contributed by atoms with Gasteiger partial charge in [0.05, 0.1) is 6.20 Å². The number of hydrogen-bond donors (Lipinski definition) is 0. The van der Waals surface area contributed by atoms with Crippen molar-refractivity contribution in [3.8, 4) is 11.1 Å². The normalized spacial score (nSPS) is 10.1. The maximum atomic E-state index is 4.10. The second-order valence-electron chi connectivity index (χ2n) is 2.69. The van der Waals surface area contributed by atoms with E-state index in [2.05, 4.69) is 11.2 Å². The molecule has 0 amide bonds. The average molecular weight is 157 g/mol. The van der Waals surface area contributed by atoms with Crippen molar-refractivity contribution in [2.45, 2.75) is 0 Å². The molecule has 0 unspecified atom stereocenters. The zero-order chi connectivity index (χ0) is 8.39. The highest BCUT2D eigenvalue weighted by Crippen LogP contribution is 2.16. The minimum atomic E-state index is 1.13. The molecule has 1 aromatic carbocycles. The Bertz CT molecular complexity index is 362. The van der Waals surface area contributed by atoms with Gasteiger partial charge in [-0.25, -0.2) is 0 Å². The van der Waals surface area contributed by atoms with Crippen molar-refractivity contribution in [1.29, 1.82) is 0 Å². The number of rotatable bonds is 1. The summed E-state index contributed by atoms with van der Waals surface area (Å²) in [4.78, 5) is 0. The first-order valence-corrected chi connectivity index (χ1v) is 3.81. The molecule has 0 aliphatic carbocycles. The molecule has 0 fully saturated rings. The molecule has 0 spiro atoms. The summed E-state index contributed by atoms with van der Waals surface area (Å²) < 4.78 is 1.79. The average Bonchev–Trinajstić information content (AvgIpc) is 2.54. The van der Waals surface area contributed by atoms with E-state index >= 15 is 0 Å². The van der Waals surface area contributed by atoms with Gasteiger partial charge in [0.1, 0.15) is 0 Å². The summed E-state index contributed by atoms with van der Waals surface area (Å²) in [5.74, 6) is 0. The van der Waals surface area contributed by atoms with Crippen LogP contribution in [0.3, 0.4) is 0 Å². The van der Waals surface area contributed by atoms with Crippen LogP contribution in [0.4, 0.5) is 0 Å². The number of benzene rings is 1. The van der Waals surface area contributed by atoms with Gasteiger partial charge in [-0.1, -0.05) is 18.2 Å². The van der Waals surface area contributed by atoms with Gasteiger partial charge < -0.3 is 0 Å². The van der Waals surface area contributed by atoms with Gasteiger partial charge in [0.15, 0.2) is 0 Å². The quantitative estimate of drug-likeness (QED) is 0.618. The second-order valence-corrected chi connectivity index (χ2v) is 2.69. The molecule has 0 saturated carbocycles. The van der Waals surface area contributed by atoms with E-state index in [-0.39, 0.29) is 0 Å². The third-order valence-electron chi connectivity index (χ3n) is 1.75. The summed E-state index contributed by atoms with van der Waals surface area (Å²) in [7, 11) is 1.91. The summed E-state index contributed by atoms with van der Waals surface area (Å²) in [6.45, 7) is 0. The first-order chi connectivity index (χ1) is 5.86. The maximum Gasteiger partial charge on any atom is 0.0568 e. The van der Waals surface area contributed by atoms with Crippen LogP contribution in [0.25, 0.3) is 11.1 Å². The highest BCUT2D eigenvalue weighted by atomic mass is 15.2. The monoisotopic (exact) mass is 157 g/mol. The van der Waals surface area contributed by atoms with Crippen LogP contribution in [0.2, 0.25) is 0 Å². The molecule has 59 valence electrons. The summed E-state index contributed by atoms with van der Waals surface area (Å²) in [6, 6.07) is 10.9. The predicted octanol–water partition coefficient (Wildman–Crippen LogP) is 1.89. The van der Waals surface area contributed by atoms with Crippen LogP contribution in [0.5, 0.6) is 0 Å². The van der Waals surface area contributed by atoms with Crippen molar-refractivity contribution < 1.29 is 0 Å². The van der Waals surface area contributed by atoms with Crippen LogP contribution in [-0.4, -0.2) is 9.78 Å². The van der Waals surface area contributed by atoms with Gasteiger partial charge in [0, 0.05) is 18.8 Å². The molecule has 1 heterocycles. The van der Waals surface area contributed by atoms with Crippen LogP contribution in [-0.2, 0) is 7.05 Å². The molecule has 0 aliphatic rings. The van der Waals surface area contributed by atoms with Gasteiger partial charge in [-0.15, -0.1) is 0 Å². The van der Waals surface area contributed by atoms with Crippen molar-refractivity contribution in [2.75, 3.05) is 0 Å². The lowest BCUT2D eigenvalue weighted by Crippen LogP contribution is -1.84. The Morgan fingerprint density at radius 3 is 2.92 bits per heavy atom. The molecule has 0 bridgehead atoms. The molecule has 0 aliphatic heterocycles. The molecule has 12 heavy (non-hydrogen) atoms. The lowest BCUT2D eigenvalue weighted by atomic mass is 10.1. The van der Waals surface area contributed by atoms with Crippen LogP contribution in [0, 0.1) is 6.07 Å². The third kappa shape index (κ3) is 1.23. The van der Waals surface area contributed by atoms with Crippen LogP contribution >= 0.6 is 0 Å². The van der Waals surface area contributed by atoms with Gasteiger partial charge in [-0.05, 0) is 17.7 Å². The number of hydrogen-bond acceptors (Lipinski definition) is 1. The van der Waals surface area contributed by atoms with E-state index in [0.29, 0.717) is 0 Å². The van der Waals surface area contributed by atoms with E-state index in [1.165, 1.54) is 0 Å². The van der Waals surface area contributed by atoms with Crippen LogP contribution < -0.4 is 0 Å². The largest absolute Gasteiger partial charge is 0.275 e. The van der Waals surface area contributed by atoms with E-state index in [4.69, 9.17) is 0 Å². The molecule has 2 rings (SSSR count). The topological polar surface area (TPSA) is 17.8 Å². The Kier molecular flexibility index (Phi) is 1.67. The number of aromatic nitrogens is 2. The minimum absolute atomic E-state index is 1.13. The summed E-state index contributed by atoms with van der Waals surface area (Å²) in [5, 5.41) is 4.10. The molecule has 0 N–H and O–H groups in total. The first-order valence-electron chi connectivity index (χ1n) is 3.81. The SMILES string of the molecule is Cn1cc(-c2c[c]ccc2)cn1. The van der Waals surface area contributed by atoms with Gasteiger partial charge in [-0.3, -0.25) is 4.68 Å². The molecule has 0 atom stereocenters. The number of aryl methyl sites for hydroxylation is 1. The lowest BCUT2D eigenvalue weighted by molar-refractivity contribution is 0.768.